The molecule has 2 atom stereocenters. The van der Waals surface area contributed by atoms with E-state index >= 15 is 0 Å². The maximum absolute atomic E-state index is 13.1. The normalized spacial score (nSPS) is 12.6. The number of urea groups is 1. The number of carbonyl (C=O) groups excluding carboxylic acids is 2. The molecule has 1 heterocycles. The van der Waals surface area contributed by atoms with Crippen LogP contribution < -0.4 is 16.0 Å². The number of anilines is 2. The number of hydrogen-bond acceptors (Lipinski definition) is 5. The number of benzene rings is 2. The lowest BCUT2D eigenvalue weighted by molar-refractivity contribution is -0.119. The summed E-state index contributed by atoms with van der Waals surface area (Å²) in [6.07, 6.45) is 0.673. The second-order valence-corrected chi connectivity index (χ2v) is 8.29. The molecule has 7 nitrogen and oxygen atoms in total. The molecule has 3 N–H and O–H groups in total. The molecule has 0 saturated heterocycles. The summed E-state index contributed by atoms with van der Waals surface area (Å²) in [7, 11) is 0. The van der Waals surface area contributed by atoms with Crippen LogP contribution in [0.5, 0.6) is 0 Å². The molecule has 31 heavy (non-hydrogen) atoms. The molecule has 0 bridgehead atoms. The molecule has 0 aliphatic carbocycles. The Morgan fingerprint density at radius 1 is 1.13 bits per heavy atom. The van der Waals surface area contributed by atoms with Crippen LogP contribution in [0.1, 0.15) is 20.3 Å². The molecule has 0 saturated carbocycles. The fourth-order valence-corrected chi connectivity index (χ4v) is 3.68. The van der Waals surface area contributed by atoms with Crippen LogP contribution in [0, 0.1) is 11.7 Å². The van der Waals surface area contributed by atoms with Gasteiger partial charge in [-0.3, -0.25) is 10.1 Å². The van der Waals surface area contributed by atoms with Gasteiger partial charge in [-0.2, -0.15) is 0 Å². The van der Waals surface area contributed by atoms with E-state index in [0.717, 1.165) is 11.3 Å². The van der Waals surface area contributed by atoms with Crippen molar-refractivity contribution in [3.63, 3.8) is 0 Å². The molecule has 0 spiro atoms. The van der Waals surface area contributed by atoms with Crippen molar-refractivity contribution in [3.05, 3.63) is 59.4 Å². The van der Waals surface area contributed by atoms with Crippen molar-refractivity contribution in [1.29, 1.82) is 0 Å². The van der Waals surface area contributed by atoms with Crippen molar-refractivity contribution in [2.24, 2.45) is 5.92 Å². The Kier molecular flexibility index (Phi) is 7.54. The first-order valence-electron chi connectivity index (χ1n) is 9.59. The van der Waals surface area contributed by atoms with Crippen LogP contribution in [-0.4, -0.2) is 28.2 Å². The molecule has 0 radical (unpaired) electrons. The third kappa shape index (κ3) is 6.22. The number of nitrogens with zero attached hydrogens (tertiary/aromatic N) is 2. The summed E-state index contributed by atoms with van der Waals surface area (Å²) in [5.41, 5.74) is 1.21. The van der Waals surface area contributed by atoms with Gasteiger partial charge in [0.05, 0.1) is 0 Å². The Hall–Kier alpha value is -3.04. The van der Waals surface area contributed by atoms with Crippen LogP contribution in [0.2, 0.25) is 5.02 Å². The Bertz CT molecular complexity index is 1060. The lowest BCUT2D eigenvalue weighted by Gasteiger charge is -2.23. The van der Waals surface area contributed by atoms with Crippen LogP contribution in [-0.2, 0) is 4.79 Å². The lowest BCUT2D eigenvalue weighted by Crippen LogP contribution is -2.49. The van der Waals surface area contributed by atoms with Crippen molar-refractivity contribution in [2.75, 3.05) is 10.6 Å². The number of hydrogen-bond donors (Lipinski definition) is 3. The molecule has 3 amide bonds. The third-order valence-corrected chi connectivity index (χ3v) is 5.73. The van der Waals surface area contributed by atoms with Crippen molar-refractivity contribution < 1.29 is 14.0 Å². The van der Waals surface area contributed by atoms with E-state index in [2.05, 4.69) is 26.1 Å². The molecule has 2 aromatic carbocycles. The zero-order chi connectivity index (χ0) is 22.4. The standard InChI is InChI=1S/C21H21ClFN5O2S/c1-3-12(2)17(25-20(30)24-16-6-4-5-14(22)11-16)18(29)26-21-28-27-19(31-21)13-7-9-15(23)10-8-13/h4-12,17H,3H2,1-2H3,(H2,24,25,30)(H,26,28,29)/t12-,17+/m1/s1. The Balaban J connectivity index is 1.67. The number of carbonyl (C=O) groups is 2. The second-order valence-electron chi connectivity index (χ2n) is 6.88. The molecular formula is C21H21ClFN5O2S. The first-order chi connectivity index (χ1) is 14.9. The fourth-order valence-electron chi connectivity index (χ4n) is 2.74. The summed E-state index contributed by atoms with van der Waals surface area (Å²) in [4.78, 5) is 25.3. The molecule has 162 valence electrons. The number of halogens is 2. The maximum atomic E-state index is 13.1. The molecular weight excluding hydrogens is 441 g/mol. The summed E-state index contributed by atoms with van der Waals surface area (Å²) < 4.78 is 13.1. The SMILES string of the molecule is CC[C@@H](C)[C@H](NC(=O)Nc1cccc(Cl)c1)C(=O)Nc1nnc(-c2ccc(F)cc2)s1. The highest BCUT2D eigenvalue weighted by molar-refractivity contribution is 7.18. The Morgan fingerprint density at radius 2 is 1.87 bits per heavy atom. The van der Waals surface area contributed by atoms with E-state index in [-0.39, 0.29) is 16.9 Å². The Morgan fingerprint density at radius 3 is 2.55 bits per heavy atom. The van der Waals surface area contributed by atoms with E-state index in [1.54, 1.807) is 36.4 Å². The number of rotatable bonds is 7. The van der Waals surface area contributed by atoms with Gasteiger partial charge in [-0.05, 0) is 48.4 Å². The van der Waals surface area contributed by atoms with Crippen LogP contribution in [0.3, 0.4) is 0 Å². The van der Waals surface area contributed by atoms with Gasteiger partial charge in [-0.1, -0.05) is 49.3 Å². The quantitative estimate of drug-likeness (QED) is 0.452. The second kappa shape index (κ2) is 10.3. The van der Waals surface area contributed by atoms with Gasteiger partial charge in [0.1, 0.15) is 16.9 Å². The summed E-state index contributed by atoms with van der Waals surface area (Å²) >= 11 is 7.10. The van der Waals surface area contributed by atoms with Crippen LogP contribution in [0.4, 0.5) is 20.0 Å². The maximum Gasteiger partial charge on any atom is 0.319 e. The highest BCUT2D eigenvalue weighted by Crippen LogP contribution is 2.26. The monoisotopic (exact) mass is 461 g/mol. The molecule has 10 heteroatoms. The number of aromatic nitrogens is 2. The van der Waals surface area contributed by atoms with Crippen LogP contribution in [0.25, 0.3) is 10.6 Å². The zero-order valence-electron chi connectivity index (χ0n) is 16.9. The predicted molar refractivity (Wildman–Crippen MR) is 121 cm³/mol. The third-order valence-electron chi connectivity index (χ3n) is 4.61. The topological polar surface area (TPSA) is 96.0 Å². The summed E-state index contributed by atoms with van der Waals surface area (Å²) in [5.74, 6) is -0.882. The largest absolute Gasteiger partial charge is 0.326 e. The highest BCUT2D eigenvalue weighted by Gasteiger charge is 2.27. The molecule has 0 aliphatic rings. The fraction of sp³-hybridized carbons (Fsp3) is 0.238. The first kappa shape index (κ1) is 22.6. The van der Waals surface area contributed by atoms with Gasteiger partial charge in [0.2, 0.25) is 11.0 Å². The first-order valence-corrected chi connectivity index (χ1v) is 10.8. The number of amides is 3. The minimum atomic E-state index is -0.789. The van der Waals surface area contributed by atoms with Gasteiger partial charge in [-0.15, -0.1) is 10.2 Å². The van der Waals surface area contributed by atoms with E-state index < -0.39 is 18.0 Å². The van der Waals surface area contributed by atoms with Crippen LogP contribution in [0.15, 0.2) is 48.5 Å². The molecule has 3 aromatic rings. The van der Waals surface area contributed by atoms with Crippen molar-refractivity contribution in [2.45, 2.75) is 26.3 Å². The van der Waals surface area contributed by atoms with E-state index in [9.17, 15) is 14.0 Å². The van der Waals surface area contributed by atoms with Crippen molar-refractivity contribution in [1.82, 2.24) is 15.5 Å². The molecule has 0 unspecified atom stereocenters. The van der Waals surface area contributed by atoms with Crippen LogP contribution >= 0.6 is 22.9 Å². The summed E-state index contributed by atoms with van der Waals surface area (Å²) in [6.45, 7) is 3.80. The average molecular weight is 462 g/mol. The summed E-state index contributed by atoms with van der Waals surface area (Å²) in [6, 6.07) is 11.2. The van der Waals surface area contributed by atoms with E-state index in [0.29, 0.717) is 27.7 Å². The van der Waals surface area contributed by atoms with E-state index in [4.69, 9.17) is 11.6 Å². The van der Waals surface area contributed by atoms with E-state index in [1.807, 2.05) is 13.8 Å². The highest BCUT2D eigenvalue weighted by atomic mass is 35.5. The van der Waals surface area contributed by atoms with Crippen molar-refractivity contribution in [3.8, 4) is 10.6 Å². The number of nitrogens with one attached hydrogen (secondary N) is 3. The van der Waals surface area contributed by atoms with E-state index in [1.165, 1.54) is 12.1 Å². The zero-order valence-corrected chi connectivity index (χ0v) is 18.4. The minimum absolute atomic E-state index is 0.130. The van der Waals surface area contributed by atoms with Gasteiger partial charge in [0.15, 0.2) is 0 Å². The van der Waals surface area contributed by atoms with Gasteiger partial charge in [0.25, 0.3) is 0 Å². The Labute approximate surface area is 188 Å². The van der Waals surface area contributed by atoms with Gasteiger partial charge < -0.3 is 10.6 Å². The summed E-state index contributed by atoms with van der Waals surface area (Å²) in [5, 5.41) is 17.4. The van der Waals surface area contributed by atoms with Crippen molar-refractivity contribution >= 4 is 45.7 Å². The minimum Gasteiger partial charge on any atom is -0.326 e. The van der Waals surface area contributed by atoms with Gasteiger partial charge in [0, 0.05) is 16.3 Å². The predicted octanol–water partition coefficient (Wildman–Crippen LogP) is 5.17. The molecule has 0 aliphatic heterocycles. The van der Waals surface area contributed by atoms with Gasteiger partial charge in [-0.25, -0.2) is 9.18 Å². The molecule has 1 aromatic heterocycles. The average Bonchev–Trinajstić information content (AvgIpc) is 3.20. The molecule has 3 rings (SSSR count). The molecule has 0 fully saturated rings. The smallest absolute Gasteiger partial charge is 0.319 e. The lowest BCUT2D eigenvalue weighted by atomic mass is 9.98. The van der Waals surface area contributed by atoms with Gasteiger partial charge >= 0.3 is 6.03 Å².